The fraction of sp³-hybridized carbons (Fsp3) is 0.923. The van der Waals surface area contributed by atoms with Gasteiger partial charge in [-0.15, -0.1) is 0 Å². The largest absolute Gasteiger partial charge is 0.377 e. The third-order valence-electron chi connectivity index (χ3n) is 1.91. The van der Waals surface area contributed by atoms with Crippen LogP contribution in [-0.4, -0.2) is 51.8 Å². The molecule has 1 fully saturated rings. The van der Waals surface area contributed by atoms with Crippen molar-refractivity contribution in [1.29, 1.82) is 0 Å². The van der Waals surface area contributed by atoms with Crippen molar-refractivity contribution in [1.82, 2.24) is 4.90 Å². The summed E-state index contributed by atoms with van der Waals surface area (Å²) in [4.78, 5) is 10.9. The zero-order chi connectivity index (χ0) is 13.4. The minimum Gasteiger partial charge on any atom is -0.377 e. The second-order valence-corrected chi connectivity index (χ2v) is 4.00. The normalized spacial score (nSPS) is 13.6. The maximum absolute atomic E-state index is 9.43. The van der Waals surface area contributed by atoms with Crippen molar-refractivity contribution in [3.8, 4) is 0 Å². The molecule has 0 saturated carbocycles. The third-order valence-corrected chi connectivity index (χ3v) is 1.91. The van der Waals surface area contributed by atoms with E-state index in [1.807, 2.05) is 0 Å². The monoisotopic (exact) mass is 247 g/mol. The molecule has 0 aromatic rings. The first-order valence-electron chi connectivity index (χ1n) is 6.46. The number of amides is 1. The summed E-state index contributed by atoms with van der Waals surface area (Å²) in [6.07, 6.45) is 6.29. The average molecular weight is 247 g/mol. The summed E-state index contributed by atoms with van der Waals surface area (Å²) in [6, 6.07) is 0. The van der Waals surface area contributed by atoms with Crippen LogP contribution in [0, 0.1) is 0 Å². The number of carbonyl (C=O) groups excluding carboxylic acids is 1. The van der Waals surface area contributed by atoms with Crippen LogP contribution >= 0.6 is 0 Å². The molecular weight excluding hydrogens is 218 g/mol. The molecule has 0 N–H and O–H groups in total. The first kappa shape index (κ1) is 18.7. The third kappa shape index (κ3) is 25.6. The molecule has 1 aliphatic rings. The molecule has 1 rings (SSSR count). The van der Waals surface area contributed by atoms with Gasteiger partial charge in [-0.25, -0.2) is 0 Å². The number of hydrogen-bond acceptors (Lipinski definition) is 3. The molecule has 1 heterocycles. The zero-order valence-corrected chi connectivity index (χ0v) is 11.9. The Morgan fingerprint density at radius 2 is 1.24 bits per heavy atom. The Hall–Kier alpha value is -0.610. The Morgan fingerprint density at radius 1 is 0.941 bits per heavy atom. The van der Waals surface area contributed by atoms with E-state index in [4.69, 9.17) is 9.47 Å². The molecule has 0 spiro atoms. The predicted octanol–water partition coefficient (Wildman–Crippen LogP) is 2.32. The first-order chi connectivity index (χ1) is 8.18. The number of rotatable bonds is 4. The summed E-state index contributed by atoms with van der Waals surface area (Å²) >= 11 is 0. The van der Waals surface area contributed by atoms with Gasteiger partial charge in [-0.1, -0.05) is 39.5 Å². The van der Waals surface area contributed by atoms with Gasteiger partial charge in [0.15, 0.2) is 0 Å². The lowest BCUT2D eigenvalue weighted by atomic mass is 10.2. The van der Waals surface area contributed by atoms with Crippen LogP contribution in [-0.2, 0) is 14.3 Å². The highest BCUT2D eigenvalue weighted by Crippen LogP contribution is 1.95. The highest BCUT2D eigenvalue weighted by molar-refractivity contribution is 5.45. The Bertz CT molecular complexity index is 121. The molecule has 0 radical (unpaired) electrons. The summed E-state index contributed by atoms with van der Waals surface area (Å²) in [6.45, 7) is 7.57. The van der Waals surface area contributed by atoms with E-state index >= 15 is 0 Å². The lowest BCUT2D eigenvalue weighted by Gasteiger charge is -2.09. The van der Waals surface area contributed by atoms with Crippen LogP contribution in [0.3, 0.4) is 0 Å². The minimum atomic E-state index is 0.750. The molecule has 4 nitrogen and oxygen atoms in total. The van der Waals surface area contributed by atoms with E-state index in [2.05, 4.69) is 13.8 Å². The number of ether oxygens (including phenoxy) is 2. The summed E-state index contributed by atoms with van der Waals surface area (Å²) < 4.78 is 9.89. The summed E-state index contributed by atoms with van der Waals surface area (Å²) in [5.41, 5.74) is 0. The van der Waals surface area contributed by atoms with Crippen LogP contribution in [0.5, 0.6) is 0 Å². The fourth-order valence-electron chi connectivity index (χ4n) is 0.940. The average Bonchev–Trinajstić information content (AvgIpc) is 2.39. The Labute approximate surface area is 106 Å². The van der Waals surface area contributed by atoms with Crippen LogP contribution in [0.15, 0.2) is 0 Å². The van der Waals surface area contributed by atoms with Crippen LogP contribution < -0.4 is 0 Å². The fourth-order valence-corrected chi connectivity index (χ4v) is 0.940. The van der Waals surface area contributed by atoms with Crippen molar-refractivity contribution in [2.45, 2.75) is 39.5 Å². The molecule has 0 aromatic heterocycles. The molecule has 0 unspecified atom stereocenters. The van der Waals surface area contributed by atoms with Crippen molar-refractivity contribution in [2.24, 2.45) is 0 Å². The summed E-state index contributed by atoms with van der Waals surface area (Å²) in [5, 5.41) is 0. The SMILES string of the molecule is C1COCCO1.CCCCCC.CN(C)C=O. The molecular formula is C13H29NO3. The van der Waals surface area contributed by atoms with E-state index in [0.29, 0.717) is 0 Å². The van der Waals surface area contributed by atoms with Gasteiger partial charge in [0.2, 0.25) is 6.41 Å². The van der Waals surface area contributed by atoms with E-state index in [1.54, 1.807) is 14.1 Å². The van der Waals surface area contributed by atoms with Crippen molar-refractivity contribution in [3.63, 3.8) is 0 Å². The van der Waals surface area contributed by atoms with Gasteiger partial charge in [-0.05, 0) is 0 Å². The van der Waals surface area contributed by atoms with Crippen LogP contribution in [0.4, 0.5) is 0 Å². The van der Waals surface area contributed by atoms with Crippen molar-refractivity contribution >= 4 is 6.41 Å². The van der Waals surface area contributed by atoms with Crippen LogP contribution in [0.2, 0.25) is 0 Å². The Morgan fingerprint density at radius 3 is 1.35 bits per heavy atom. The topological polar surface area (TPSA) is 38.8 Å². The summed E-state index contributed by atoms with van der Waals surface area (Å²) in [5.74, 6) is 0. The van der Waals surface area contributed by atoms with E-state index < -0.39 is 0 Å². The lowest BCUT2D eigenvalue weighted by molar-refractivity contribution is -0.115. The van der Waals surface area contributed by atoms with Gasteiger partial charge in [-0.3, -0.25) is 4.79 Å². The second kappa shape index (κ2) is 17.8. The van der Waals surface area contributed by atoms with Crippen molar-refractivity contribution in [3.05, 3.63) is 0 Å². The Kier molecular flexibility index (Phi) is 19.6. The number of hydrogen-bond donors (Lipinski definition) is 0. The number of carbonyl (C=O) groups is 1. The molecule has 4 heteroatoms. The molecule has 17 heavy (non-hydrogen) atoms. The van der Waals surface area contributed by atoms with Gasteiger partial charge >= 0.3 is 0 Å². The van der Waals surface area contributed by atoms with Gasteiger partial charge in [0.25, 0.3) is 0 Å². The predicted molar refractivity (Wildman–Crippen MR) is 71.2 cm³/mol. The highest BCUT2D eigenvalue weighted by atomic mass is 16.6. The van der Waals surface area contributed by atoms with Gasteiger partial charge < -0.3 is 14.4 Å². The molecule has 0 atom stereocenters. The van der Waals surface area contributed by atoms with Crippen molar-refractivity contribution < 1.29 is 14.3 Å². The molecule has 1 saturated heterocycles. The maximum atomic E-state index is 9.43. The molecule has 104 valence electrons. The van der Waals surface area contributed by atoms with Crippen LogP contribution in [0.25, 0.3) is 0 Å². The second-order valence-electron chi connectivity index (χ2n) is 4.00. The first-order valence-corrected chi connectivity index (χ1v) is 6.46. The van der Waals surface area contributed by atoms with E-state index in [9.17, 15) is 4.79 Å². The maximum Gasteiger partial charge on any atom is 0.209 e. The number of unbranched alkanes of at least 4 members (excludes halogenated alkanes) is 3. The molecule has 1 aliphatic heterocycles. The quantitative estimate of drug-likeness (QED) is 0.565. The summed E-state index contributed by atoms with van der Waals surface area (Å²) in [7, 11) is 3.38. The molecule has 0 aromatic carbocycles. The molecule has 0 aliphatic carbocycles. The van der Waals surface area contributed by atoms with Crippen molar-refractivity contribution in [2.75, 3.05) is 40.5 Å². The number of nitrogens with zero attached hydrogens (tertiary/aromatic N) is 1. The van der Waals surface area contributed by atoms with E-state index in [-0.39, 0.29) is 0 Å². The lowest BCUT2D eigenvalue weighted by Crippen LogP contribution is -2.16. The van der Waals surface area contributed by atoms with Gasteiger partial charge in [0.1, 0.15) is 0 Å². The van der Waals surface area contributed by atoms with E-state index in [1.165, 1.54) is 30.6 Å². The van der Waals surface area contributed by atoms with Crippen LogP contribution in [0.1, 0.15) is 39.5 Å². The van der Waals surface area contributed by atoms with E-state index in [0.717, 1.165) is 32.8 Å². The molecule has 0 bridgehead atoms. The van der Waals surface area contributed by atoms with Gasteiger partial charge in [0, 0.05) is 14.1 Å². The van der Waals surface area contributed by atoms with Gasteiger partial charge in [0.05, 0.1) is 26.4 Å². The zero-order valence-electron chi connectivity index (χ0n) is 11.9. The standard InChI is InChI=1S/C6H14.C4H8O2.C3H7NO/c1-3-5-6-4-2;1-2-6-4-3-5-1;1-4(2)3-5/h3-6H2,1-2H3;1-4H2;3H,1-2H3. The smallest absolute Gasteiger partial charge is 0.209 e. The van der Waals surface area contributed by atoms with Gasteiger partial charge in [-0.2, -0.15) is 0 Å². The molecule has 1 amide bonds. The Balaban J connectivity index is 0. The minimum absolute atomic E-state index is 0.750. The highest BCUT2D eigenvalue weighted by Gasteiger charge is 1.94.